The van der Waals surface area contributed by atoms with Gasteiger partial charge in [0.2, 0.25) is 0 Å². The maximum atomic E-state index is 14.4. The highest BCUT2D eigenvalue weighted by Gasteiger charge is 2.26. The number of aliphatic hydroxyl groups is 1. The minimum absolute atomic E-state index is 0.0261. The van der Waals surface area contributed by atoms with E-state index >= 15 is 0 Å². The van der Waals surface area contributed by atoms with E-state index in [2.05, 4.69) is 10.2 Å². The first-order valence-corrected chi connectivity index (χ1v) is 7.03. The minimum Gasteiger partial charge on any atom is -0.396 e. The highest BCUT2D eigenvalue weighted by atomic mass is 35.5. The van der Waals surface area contributed by atoms with E-state index in [0.29, 0.717) is 22.6 Å². The van der Waals surface area contributed by atoms with E-state index in [1.165, 1.54) is 0 Å². The van der Waals surface area contributed by atoms with Gasteiger partial charge in [-0.3, -0.25) is 4.90 Å². The number of hydrogen-bond donors (Lipinski definition) is 2. The summed E-state index contributed by atoms with van der Waals surface area (Å²) >= 11 is 6.19. The standard InChI is InChI=1S/C14H20ClFN2O/c1-10-2-3-11(15)13(14(10)16)12(4-9-19)18-7-5-17-6-8-18/h2-3,12,17,19H,4-9H2,1H3/t12-/m1/s1. The Morgan fingerprint density at radius 1 is 1.42 bits per heavy atom. The number of hydrogen-bond acceptors (Lipinski definition) is 3. The van der Waals surface area contributed by atoms with E-state index in [9.17, 15) is 9.50 Å². The van der Waals surface area contributed by atoms with Crippen molar-refractivity contribution in [3.63, 3.8) is 0 Å². The lowest BCUT2D eigenvalue weighted by molar-refractivity contribution is 0.138. The van der Waals surface area contributed by atoms with Crippen LogP contribution in [0.5, 0.6) is 0 Å². The molecule has 2 rings (SSSR count). The Labute approximate surface area is 118 Å². The Kier molecular flexibility index (Phi) is 5.16. The van der Waals surface area contributed by atoms with Gasteiger partial charge in [-0.15, -0.1) is 0 Å². The Morgan fingerprint density at radius 2 is 2.11 bits per heavy atom. The second-order valence-corrected chi connectivity index (χ2v) is 5.31. The summed E-state index contributed by atoms with van der Waals surface area (Å²) in [6.07, 6.45) is 0.500. The van der Waals surface area contributed by atoms with Crippen LogP contribution in [-0.4, -0.2) is 42.8 Å². The zero-order chi connectivity index (χ0) is 13.8. The lowest BCUT2D eigenvalue weighted by atomic mass is 9.98. The Hall–Kier alpha value is -0.680. The van der Waals surface area contributed by atoms with Crippen LogP contribution in [0.2, 0.25) is 5.02 Å². The molecular formula is C14H20ClFN2O. The summed E-state index contributed by atoms with van der Waals surface area (Å²) in [7, 11) is 0. The number of halogens is 2. The Balaban J connectivity index is 2.35. The first-order chi connectivity index (χ1) is 9.15. The molecule has 0 saturated carbocycles. The van der Waals surface area contributed by atoms with Gasteiger partial charge >= 0.3 is 0 Å². The van der Waals surface area contributed by atoms with Gasteiger partial charge in [0.05, 0.1) is 0 Å². The van der Waals surface area contributed by atoms with Gasteiger partial charge < -0.3 is 10.4 Å². The summed E-state index contributed by atoms with van der Waals surface area (Å²) in [6.45, 7) is 5.21. The van der Waals surface area contributed by atoms with Crippen molar-refractivity contribution in [2.24, 2.45) is 0 Å². The summed E-state index contributed by atoms with van der Waals surface area (Å²) in [6, 6.07) is 3.27. The quantitative estimate of drug-likeness (QED) is 0.890. The highest BCUT2D eigenvalue weighted by Crippen LogP contribution is 2.33. The molecule has 5 heteroatoms. The van der Waals surface area contributed by atoms with Crippen LogP contribution in [0, 0.1) is 12.7 Å². The molecular weight excluding hydrogens is 267 g/mol. The maximum Gasteiger partial charge on any atom is 0.132 e. The molecule has 1 aliphatic rings. The van der Waals surface area contributed by atoms with Crippen LogP contribution in [0.25, 0.3) is 0 Å². The molecule has 0 spiro atoms. The molecule has 1 heterocycles. The summed E-state index contributed by atoms with van der Waals surface area (Å²) in [4.78, 5) is 2.19. The van der Waals surface area contributed by atoms with Crippen LogP contribution in [-0.2, 0) is 0 Å². The third-order valence-electron chi connectivity index (χ3n) is 3.65. The van der Waals surface area contributed by atoms with E-state index in [1.807, 2.05) is 0 Å². The van der Waals surface area contributed by atoms with Crippen LogP contribution in [0.3, 0.4) is 0 Å². The summed E-state index contributed by atoms with van der Waals surface area (Å²) in [5.74, 6) is -0.246. The molecule has 0 amide bonds. The molecule has 1 saturated heterocycles. The van der Waals surface area contributed by atoms with E-state index in [0.717, 1.165) is 26.2 Å². The lowest BCUT2D eigenvalue weighted by Gasteiger charge is -2.35. The minimum atomic E-state index is -0.246. The van der Waals surface area contributed by atoms with E-state index in [-0.39, 0.29) is 18.5 Å². The fraction of sp³-hybridized carbons (Fsp3) is 0.571. The highest BCUT2D eigenvalue weighted by molar-refractivity contribution is 6.31. The van der Waals surface area contributed by atoms with Crippen molar-refractivity contribution in [3.05, 3.63) is 34.1 Å². The molecule has 1 aliphatic heterocycles. The van der Waals surface area contributed by atoms with Gasteiger partial charge in [-0.05, 0) is 25.0 Å². The van der Waals surface area contributed by atoms with Crippen LogP contribution < -0.4 is 5.32 Å². The SMILES string of the molecule is Cc1ccc(Cl)c([C@@H](CCO)N2CCNCC2)c1F. The third-order valence-corrected chi connectivity index (χ3v) is 3.98. The van der Waals surface area contributed by atoms with Crippen molar-refractivity contribution >= 4 is 11.6 Å². The van der Waals surface area contributed by atoms with Crippen molar-refractivity contribution < 1.29 is 9.50 Å². The average Bonchev–Trinajstić information content (AvgIpc) is 2.43. The molecule has 1 atom stereocenters. The van der Waals surface area contributed by atoms with Gasteiger partial charge in [0.15, 0.2) is 0 Å². The van der Waals surface area contributed by atoms with Gasteiger partial charge in [-0.1, -0.05) is 17.7 Å². The first-order valence-electron chi connectivity index (χ1n) is 6.65. The largest absolute Gasteiger partial charge is 0.396 e. The maximum absolute atomic E-state index is 14.4. The molecule has 0 aromatic heterocycles. The average molecular weight is 287 g/mol. The van der Waals surface area contributed by atoms with Crippen molar-refractivity contribution in [1.29, 1.82) is 0 Å². The number of rotatable bonds is 4. The molecule has 106 valence electrons. The Morgan fingerprint density at radius 3 is 2.74 bits per heavy atom. The molecule has 1 aromatic carbocycles. The molecule has 0 unspecified atom stereocenters. The number of aliphatic hydroxyl groups excluding tert-OH is 1. The van der Waals surface area contributed by atoms with E-state index in [1.54, 1.807) is 19.1 Å². The predicted molar refractivity (Wildman–Crippen MR) is 75.0 cm³/mol. The predicted octanol–water partition coefficient (Wildman–Crippen LogP) is 2.12. The van der Waals surface area contributed by atoms with Crippen LogP contribution in [0.4, 0.5) is 4.39 Å². The first kappa shape index (κ1) is 14.7. The van der Waals surface area contributed by atoms with Gasteiger partial charge in [0.1, 0.15) is 5.82 Å². The fourth-order valence-corrected chi connectivity index (χ4v) is 2.88. The molecule has 19 heavy (non-hydrogen) atoms. The van der Waals surface area contributed by atoms with Crippen molar-refractivity contribution in [2.75, 3.05) is 32.8 Å². The molecule has 1 aromatic rings. The Bertz CT molecular complexity index is 436. The molecule has 1 fully saturated rings. The van der Waals surface area contributed by atoms with Gasteiger partial charge in [-0.25, -0.2) is 4.39 Å². The summed E-state index contributed by atoms with van der Waals surface area (Å²) < 4.78 is 14.4. The van der Waals surface area contributed by atoms with Crippen molar-refractivity contribution in [3.8, 4) is 0 Å². The molecule has 0 bridgehead atoms. The molecule has 3 nitrogen and oxygen atoms in total. The van der Waals surface area contributed by atoms with Gasteiger partial charge in [0, 0.05) is 49.4 Å². The second-order valence-electron chi connectivity index (χ2n) is 4.91. The number of nitrogens with zero attached hydrogens (tertiary/aromatic N) is 1. The molecule has 0 aliphatic carbocycles. The van der Waals surface area contributed by atoms with E-state index in [4.69, 9.17) is 11.6 Å². The van der Waals surface area contributed by atoms with Crippen LogP contribution in [0.1, 0.15) is 23.6 Å². The normalized spacial score (nSPS) is 18.5. The molecule has 0 radical (unpaired) electrons. The fourth-order valence-electron chi connectivity index (χ4n) is 2.61. The van der Waals surface area contributed by atoms with Gasteiger partial charge in [-0.2, -0.15) is 0 Å². The van der Waals surface area contributed by atoms with E-state index < -0.39 is 0 Å². The number of nitrogens with one attached hydrogen (secondary N) is 1. The van der Waals surface area contributed by atoms with Crippen LogP contribution in [0.15, 0.2) is 12.1 Å². The zero-order valence-electron chi connectivity index (χ0n) is 11.1. The summed E-state index contributed by atoms with van der Waals surface area (Å²) in [5.41, 5.74) is 1.12. The van der Waals surface area contributed by atoms with Crippen molar-refractivity contribution in [2.45, 2.75) is 19.4 Å². The zero-order valence-corrected chi connectivity index (χ0v) is 11.9. The number of piperazine rings is 1. The summed E-state index contributed by atoms with van der Waals surface area (Å²) in [5, 5.41) is 13.0. The topological polar surface area (TPSA) is 35.5 Å². The molecule has 2 N–H and O–H groups in total. The number of benzene rings is 1. The smallest absolute Gasteiger partial charge is 0.132 e. The third kappa shape index (κ3) is 3.26. The van der Waals surface area contributed by atoms with Crippen LogP contribution >= 0.6 is 11.6 Å². The van der Waals surface area contributed by atoms with Gasteiger partial charge in [0.25, 0.3) is 0 Å². The number of aryl methyl sites for hydroxylation is 1. The van der Waals surface area contributed by atoms with Crippen molar-refractivity contribution in [1.82, 2.24) is 10.2 Å². The monoisotopic (exact) mass is 286 g/mol. The lowest BCUT2D eigenvalue weighted by Crippen LogP contribution is -2.45. The second kappa shape index (κ2) is 6.66.